The van der Waals surface area contributed by atoms with Crippen LogP contribution in [0, 0.1) is 39.4 Å². The normalized spacial score (nSPS) is 26.3. The van der Waals surface area contributed by atoms with Crippen LogP contribution in [0.2, 0.25) is 0 Å². The third-order valence-electron chi connectivity index (χ3n) is 7.47. The quantitative estimate of drug-likeness (QED) is 0.546. The summed E-state index contributed by atoms with van der Waals surface area (Å²) in [4.78, 5) is 4.77. The third-order valence-corrected chi connectivity index (χ3v) is 7.47. The van der Waals surface area contributed by atoms with E-state index in [4.69, 9.17) is 15.5 Å². The Labute approximate surface area is 198 Å². The third kappa shape index (κ3) is 3.63. The summed E-state index contributed by atoms with van der Waals surface area (Å²) >= 11 is 0. The Bertz CT molecular complexity index is 1330. The van der Waals surface area contributed by atoms with Crippen molar-refractivity contribution >= 4 is 11.2 Å². The maximum absolute atomic E-state index is 9.61. The van der Waals surface area contributed by atoms with E-state index >= 15 is 0 Å². The summed E-state index contributed by atoms with van der Waals surface area (Å²) in [5.41, 5.74) is 3.07. The molecule has 0 unspecified atom stereocenters. The second-order valence-electron chi connectivity index (χ2n) is 9.66. The van der Waals surface area contributed by atoms with E-state index in [0.717, 1.165) is 49.6 Å². The maximum Gasteiger partial charge on any atom is 0.107 e. The van der Waals surface area contributed by atoms with Gasteiger partial charge in [0.05, 0.1) is 59.6 Å². The molecule has 0 bridgehead atoms. The van der Waals surface area contributed by atoms with Gasteiger partial charge in [-0.15, -0.1) is 0 Å². The smallest absolute Gasteiger partial charge is 0.107 e. The highest BCUT2D eigenvalue weighted by Gasteiger charge is 2.56. The van der Waals surface area contributed by atoms with Crippen molar-refractivity contribution in [1.29, 1.82) is 15.9 Å². The van der Waals surface area contributed by atoms with Crippen LogP contribution >= 0.6 is 0 Å². The second-order valence-corrected chi connectivity index (χ2v) is 9.66. The van der Waals surface area contributed by atoms with Crippen molar-refractivity contribution in [3.63, 3.8) is 0 Å². The maximum atomic E-state index is 9.61. The summed E-state index contributed by atoms with van der Waals surface area (Å²) in [7, 11) is 1.78. The minimum absolute atomic E-state index is 0.172. The molecule has 9 heteroatoms. The van der Waals surface area contributed by atoms with E-state index in [9.17, 15) is 10.5 Å². The lowest BCUT2D eigenvalue weighted by Gasteiger charge is -2.57. The summed E-state index contributed by atoms with van der Waals surface area (Å²) in [6, 6.07) is 6.70. The Hall–Kier alpha value is -3.98. The predicted molar refractivity (Wildman–Crippen MR) is 127 cm³/mol. The topological polar surface area (TPSA) is 131 Å². The van der Waals surface area contributed by atoms with Gasteiger partial charge < -0.3 is 5.32 Å². The fraction of sp³-hybridized carbons (Fsp3) is 0.440. The minimum Gasteiger partial charge on any atom is -0.394 e. The fourth-order valence-electron chi connectivity index (χ4n) is 5.80. The number of fused-ring (bicyclic) bond motifs is 1. The number of nitrogens with one attached hydrogen (secondary N) is 2. The van der Waals surface area contributed by atoms with Gasteiger partial charge in [-0.2, -0.15) is 20.7 Å². The van der Waals surface area contributed by atoms with E-state index in [-0.39, 0.29) is 22.6 Å². The Balaban J connectivity index is 1.46. The number of hydrogen-bond donors (Lipinski definition) is 2. The van der Waals surface area contributed by atoms with E-state index in [2.05, 4.69) is 22.6 Å². The molecule has 0 atom stereocenters. The first-order valence-corrected chi connectivity index (χ1v) is 11.6. The standard InChI is InChI=1S/C25H27N9/c1-29-10-4-20(28)21-15-33-22(5-11-30-33)23(32-21)19-13-31-34(14-19)25(8-9-26)16-24(17-25)6-2-18(12-27)3-7-24/h4-5,10-11,13-15,18,28-29H,2-3,6-8,16-17H2,1H3/b10-4-,28-20?. The van der Waals surface area contributed by atoms with Gasteiger partial charge in [-0.05, 0) is 62.3 Å². The molecule has 172 valence electrons. The average Bonchev–Trinajstić information content (AvgIpc) is 3.51. The zero-order valence-electron chi connectivity index (χ0n) is 19.2. The van der Waals surface area contributed by atoms with Crippen molar-refractivity contribution in [3.05, 3.63) is 48.8 Å². The van der Waals surface area contributed by atoms with E-state index in [0.29, 0.717) is 17.8 Å². The number of aromatic nitrogens is 5. The zero-order valence-corrected chi connectivity index (χ0v) is 19.2. The molecule has 9 nitrogen and oxygen atoms in total. The lowest BCUT2D eigenvalue weighted by atomic mass is 9.50. The molecule has 0 aliphatic heterocycles. The second kappa shape index (κ2) is 8.42. The molecule has 2 saturated carbocycles. The first kappa shape index (κ1) is 21.8. The van der Waals surface area contributed by atoms with Gasteiger partial charge in [0.25, 0.3) is 0 Å². The average molecular weight is 454 g/mol. The molecule has 0 radical (unpaired) electrons. The SMILES string of the molecule is CN/C=C\C(=N)c1cn2nccc2c(-c2cnn(C3(CC#N)CC4(CCC(C#N)CC4)C3)c2)n1. The molecule has 0 aromatic carbocycles. The molecule has 0 saturated heterocycles. The van der Waals surface area contributed by atoms with Crippen LogP contribution in [0.4, 0.5) is 0 Å². The van der Waals surface area contributed by atoms with Crippen LogP contribution in [-0.2, 0) is 5.54 Å². The number of nitriles is 2. The summed E-state index contributed by atoms with van der Waals surface area (Å²) in [6.07, 6.45) is 16.8. The van der Waals surface area contributed by atoms with Crippen LogP contribution in [0.1, 0.15) is 50.6 Å². The summed E-state index contributed by atoms with van der Waals surface area (Å²) in [5, 5.41) is 39.1. The largest absolute Gasteiger partial charge is 0.394 e. The molecule has 2 aliphatic rings. The van der Waals surface area contributed by atoms with Crippen molar-refractivity contribution < 1.29 is 0 Å². The van der Waals surface area contributed by atoms with Gasteiger partial charge in [0.15, 0.2) is 0 Å². The monoisotopic (exact) mass is 453 g/mol. The molecule has 3 aromatic rings. The highest BCUT2D eigenvalue weighted by molar-refractivity contribution is 6.05. The molecule has 34 heavy (non-hydrogen) atoms. The van der Waals surface area contributed by atoms with Gasteiger partial charge in [0.1, 0.15) is 5.69 Å². The Morgan fingerprint density at radius 3 is 2.76 bits per heavy atom. The van der Waals surface area contributed by atoms with Crippen molar-refractivity contribution in [2.45, 2.75) is 50.5 Å². The highest BCUT2D eigenvalue weighted by atomic mass is 15.3. The van der Waals surface area contributed by atoms with Crippen LogP contribution in [0.5, 0.6) is 0 Å². The van der Waals surface area contributed by atoms with Crippen LogP contribution in [0.3, 0.4) is 0 Å². The Kier molecular flexibility index (Phi) is 5.41. The molecule has 3 heterocycles. The van der Waals surface area contributed by atoms with E-state index in [1.165, 1.54) is 0 Å². The molecular weight excluding hydrogens is 426 g/mol. The van der Waals surface area contributed by atoms with E-state index < -0.39 is 0 Å². The molecule has 2 fully saturated rings. The van der Waals surface area contributed by atoms with Gasteiger partial charge in [-0.1, -0.05) is 0 Å². The van der Waals surface area contributed by atoms with Crippen LogP contribution < -0.4 is 5.32 Å². The van der Waals surface area contributed by atoms with Gasteiger partial charge in [-0.3, -0.25) is 10.1 Å². The van der Waals surface area contributed by atoms with Gasteiger partial charge >= 0.3 is 0 Å². The van der Waals surface area contributed by atoms with Crippen LogP contribution in [0.15, 0.2) is 43.1 Å². The fourth-order valence-corrected chi connectivity index (χ4v) is 5.80. The molecule has 2 aliphatic carbocycles. The minimum atomic E-state index is -0.317. The van der Waals surface area contributed by atoms with Crippen molar-refractivity contribution in [3.8, 4) is 23.4 Å². The number of nitrogens with zero attached hydrogens (tertiary/aromatic N) is 7. The van der Waals surface area contributed by atoms with Crippen molar-refractivity contribution in [2.24, 2.45) is 11.3 Å². The van der Waals surface area contributed by atoms with Crippen LogP contribution in [0.25, 0.3) is 16.8 Å². The first-order valence-electron chi connectivity index (χ1n) is 11.6. The van der Waals surface area contributed by atoms with E-state index in [1.807, 2.05) is 16.9 Å². The zero-order chi connectivity index (χ0) is 23.8. The van der Waals surface area contributed by atoms with Gasteiger partial charge in [0, 0.05) is 24.7 Å². The summed E-state index contributed by atoms with van der Waals surface area (Å²) in [5.74, 6) is 0.172. The Morgan fingerprint density at radius 1 is 1.26 bits per heavy atom. The molecular formula is C25H27N9. The molecule has 2 N–H and O–H groups in total. The molecule has 3 aromatic heterocycles. The van der Waals surface area contributed by atoms with E-state index in [1.54, 1.807) is 42.4 Å². The Morgan fingerprint density at radius 2 is 2.06 bits per heavy atom. The number of hydrogen-bond acceptors (Lipinski definition) is 7. The first-order chi connectivity index (χ1) is 16.5. The van der Waals surface area contributed by atoms with Crippen molar-refractivity contribution in [2.75, 3.05) is 7.05 Å². The lowest BCUT2D eigenvalue weighted by Crippen LogP contribution is -2.54. The summed E-state index contributed by atoms with van der Waals surface area (Å²) in [6.45, 7) is 0. The number of allylic oxidation sites excluding steroid dienone is 1. The van der Waals surface area contributed by atoms with Crippen LogP contribution in [-0.4, -0.2) is 37.1 Å². The predicted octanol–water partition coefficient (Wildman–Crippen LogP) is 3.80. The summed E-state index contributed by atoms with van der Waals surface area (Å²) < 4.78 is 3.69. The molecule has 1 spiro atoms. The number of rotatable bonds is 6. The highest BCUT2D eigenvalue weighted by Crippen LogP contribution is 2.61. The molecule has 5 rings (SSSR count). The van der Waals surface area contributed by atoms with Crippen molar-refractivity contribution in [1.82, 2.24) is 29.7 Å². The van der Waals surface area contributed by atoms with Gasteiger partial charge in [-0.25, -0.2) is 9.50 Å². The lowest BCUT2D eigenvalue weighted by molar-refractivity contribution is -0.0646. The van der Waals surface area contributed by atoms with Gasteiger partial charge in [0.2, 0.25) is 0 Å². The molecule has 0 amide bonds.